The molecule has 5 atom stereocenters. The second kappa shape index (κ2) is 9.41. The summed E-state index contributed by atoms with van der Waals surface area (Å²) in [6.07, 6.45) is 7.89. The molecule has 3 heterocycles. The molecular formula is C32H33N3O6. The number of rotatable bonds is 5. The maximum absolute atomic E-state index is 13.6. The maximum atomic E-state index is 13.6. The number of anilines is 1. The molecule has 1 unspecified atom stereocenters. The fourth-order valence-corrected chi connectivity index (χ4v) is 7.84. The summed E-state index contributed by atoms with van der Waals surface area (Å²) in [6, 6.07) is 14.1. The van der Waals surface area contributed by atoms with Crippen LogP contribution in [-0.4, -0.2) is 71.3 Å². The van der Waals surface area contributed by atoms with Crippen LogP contribution < -0.4 is 14.8 Å². The highest BCUT2D eigenvalue weighted by Crippen LogP contribution is 2.66. The Hall–Kier alpha value is -4.24. The van der Waals surface area contributed by atoms with E-state index >= 15 is 0 Å². The summed E-state index contributed by atoms with van der Waals surface area (Å²) in [5, 5.41) is 15.8. The van der Waals surface area contributed by atoms with Crippen LogP contribution in [0.25, 0.3) is 6.08 Å². The number of ether oxygens (including phenoxy) is 2. The van der Waals surface area contributed by atoms with Gasteiger partial charge in [0.05, 0.1) is 42.7 Å². The SMILES string of the molecule is COc1ccc2c3c1O[C@H]1[C@H](N(C)C(=O)/C=C/c4ccoc4)CC[C@@]4(O)[C@@H](C2)N(C(=O)Nc2ccccc2)CCC314. The summed E-state index contributed by atoms with van der Waals surface area (Å²) < 4.78 is 17.6. The lowest BCUT2D eigenvalue weighted by Crippen LogP contribution is -2.78. The Morgan fingerprint density at radius 1 is 1.17 bits per heavy atom. The zero-order valence-corrected chi connectivity index (χ0v) is 23.1. The van der Waals surface area contributed by atoms with Gasteiger partial charge in [0.2, 0.25) is 5.91 Å². The summed E-state index contributed by atoms with van der Waals surface area (Å²) in [5.74, 6) is 1.11. The van der Waals surface area contributed by atoms with E-state index in [1.807, 2.05) is 42.5 Å². The van der Waals surface area contributed by atoms with Crippen LogP contribution >= 0.6 is 0 Å². The zero-order valence-electron chi connectivity index (χ0n) is 23.1. The van der Waals surface area contributed by atoms with Gasteiger partial charge in [-0.05, 0) is 61.6 Å². The number of hydrogen-bond acceptors (Lipinski definition) is 6. The lowest BCUT2D eigenvalue weighted by atomic mass is 9.48. The van der Waals surface area contributed by atoms with Crippen molar-refractivity contribution in [1.29, 1.82) is 0 Å². The van der Waals surface area contributed by atoms with Crippen molar-refractivity contribution in [1.82, 2.24) is 9.80 Å². The van der Waals surface area contributed by atoms with Crippen LogP contribution in [0.15, 0.2) is 71.6 Å². The van der Waals surface area contributed by atoms with Gasteiger partial charge in [-0.25, -0.2) is 4.79 Å². The van der Waals surface area contributed by atoms with E-state index in [0.717, 1.165) is 16.7 Å². The molecule has 0 radical (unpaired) electrons. The van der Waals surface area contributed by atoms with Crippen LogP contribution in [-0.2, 0) is 16.6 Å². The van der Waals surface area contributed by atoms with Crippen LogP contribution in [0.2, 0.25) is 0 Å². The number of likely N-dealkylation sites (tertiary alicyclic amines) is 1. The highest BCUT2D eigenvalue weighted by atomic mass is 16.5. The third-order valence-electron chi connectivity index (χ3n) is 9.73. The van der Waals surface area contributed by atoms with E-state index in [9.17, 15) is 14.7 Å². The molecule has 1 spiro atoms. The Labute approximate surface area is 238 Å². The van der Waals surface area contributed by atoms with Crippen LogP contribution in [0.1, 0.15) is 36.0 Å². The second-order valence-electron chi connectivity index (χ2n) is 11.5. The van der Waals surface area contributed by atoms with Gasteiger partial charge in [-0.3, -0.25) is 4.79 Å². The highest BCUT2D eigenvalue weighted by Gasteiger charge is 2.74. The van der Waals surface area contributed by atoms with Crippen molar-refractivity contribution in [3.8, 4) is 11.5 Å². The summed E-state index contributed by atoms with van der Waals surface area (Å²) in [6.45, 7) is 0.451. The summed E-state index contributed by atoms with van der Waals surface area (Å²) >= 11 is 0. The van der Waals surface area contributed by atoms with E-state index in [2.05, 4.69) is 5.32 Å². The molecule has 1 saturated heterocycles. The molecule has 2 aromatic carbocycles. The molecule has 2 aliphatic carbocycles. The van der Waals surface area contributed by atoms with Crippen LogP contribution in [0.3, 0.4) is 0 Å². The number of urea groups is 1. The topological polar surface area (TPSA) is 104 Å². The summed E-state index contributed by atoms with van der Waals surface area (Å²) in [7, 11) is 3.41. The van der Waals surface area contributed by atoms with Crippen molar-refractivity contribution >= 4 is 23.7 Å². The number of para-hydroxylation sites is 1. The molecule has 3 aromatic rings. The molecule has 2 bridgehead atoms. The zero-order chi connectivity index (χ0) is 28.4. The molecule has 212 valence electrons. The number of likely N-dealkylation sites (N-methyl/N-ethyl adjacent to an activating group) is 1. The number of methoxy groups -OCH3 is 1. The number of carbonyl (C=O) groups is 2. The molecule has 2 N–H and O–H groups in total. The Balaban J connectivity index is 1.26. The average molecular weight is 556 g/mol. The molecule has 1 saturated carbocycles. The fraction of sp³-hybridized carbons (Fsp3) is 0.375. The number of nitrogens with zero attached hydrogens (tertiary/aromatic N) is 2. The van der Waals surface area contributed by atoms with Gasteiger partial charge in [0.1, 0.15) is 6.10 Å². The summed E-state index contributed by atoms with van der Waals surface area (Å²) in [5.41, 5.74) is 1.51. The van der Waals surface area contributed by atoms with E-state index in [1.165, 1.54) is 6.08 Å². The Morgan fingerprint density at radius 2 is 2.00 bits per heavy atom. The molecule has 2 aliphatic heterocycles. The van der Waals surface area contributed by atoms with Crippen molar-refractivity contribution in [3.05, 3.63) is 83.8 Å². The third-order valence-corrected chi connectivity index (χ3v) is 9.73. The van der Waals surface area contributed by atoms with Gasteiger partial charge >= 0.3 is 6.03 Å². The lowest BCUT2D eigenvalue weighted by Gasteiger charge is -2.64. The third kappa shape index (κ3) is 3.64. The summed E-state index contributed by atoms with van der Waals surface area (Å²) in [4.78, 5) is 30.5. The largest absolute Gasteiger partial charge is 0.493 e. The lowest BCUT2D eigenvalue weighted by molar-refractivity contribution is -0.190. The molecule has 7 rings (SSSR count). The molecule has 41 heavy (non-hydrogen) atoms. The van der Waals surface area contributed by atoms with E-state index in [0.29, 0.717) is 49.4 Å². The number of piperidine rings is 1. The van der Waals surface area contributed by atoms with Gasteiger partial charge in [0, 0.05) is 36.5 Å². The first kappa shape index (κ1) is 25.7. The number of amides is 3. The van der Waals surface area contributed by atoms with Gasteiger partial charge in [-0.2, -0.15) is 0 Å². The standard InChI is InChI=1S/C32H33N3O6/c1-34(26(36)11-8-20-13-17-40-19-20)23-12-14-32(38)25-18-21-9-10-24(39-2)28-27(21)31(32,29(23)41-28)15-16-35(25)30(37)33-22-6-4-3-5-7-22/h3-11,13,17,19,23,25,29,38H,12,14-16,18H2,1-2H3,(H,33,37)/b11-8+/t23-,25-,29+,31?,32-/m1/s1. The first-order valence-corrected chi connectivity index (χ1v) is 14.1. The molecular weight excluding hydrogens is 522 g/mol. The monoisotopic (exact) mass is 555 g/mol. The smallest absolute Gasteiger partial charge is 0.322 e. The van der Waals surface area contributed by atoms with Gasteiger partial charge in [0.25, 0.3) is 0 Å². The number of carbonyl (C=O) groups excluding carboxylic acids is 2. The van der Waals surface area contributed by atoms with Crippen LogP contribution in [0, 0.1) is 0 Å². The van der Waals surface area contributed by atoms with E-state index in [-0.39, 0.29) is 18.0 Å². The molecule has 4 aliphatic rings. The van der Waals surface area contributed by atoms with Crippen molar-refractivity contribution in [2.45, 2.75) is 54.9 Å². The van der Waals surface area contributed by atoms with Crippen LogP contribution in [0.4, 0.5) is 10.5 Å². The Kier molecular flexibility index (Phi) is 5.90. The quantitative estimate of drug-likeness (QED) is 0.457. The van der Waals surface area contributed by atoms with Crippen molar-refractivity contribution < 1.29 is 28.6 Å². The highest BCUT2D eigenvalue weighted by molar-refractivity contribution is 5.92. The fourth-order valence-electron chi connectivity index (χ4n) is 7.84. The minimum Gasteiger partial charge on any atom is -0.493 e. The predicted molar refractivity (Wildman–Crippen MR) is 152 cm³/mol. The number of furan rings is 1. The van der Waals surface area contributed by atoms with Crippen LogP contribution in [0.5, 0.6) is 11.5 Å². The number of hydrogen-bond donors (Lipinski definition) is 2. The number of nitrogens with one attached hydrogen (secondary N) is 1. The van der Waals surface area contributed by atoms with E-state index < -0.39 is 23.2 Å². The normalized spacial score (nSPS) is 29.0. The maximum Gasteiger partial charge on any atom is 0.322 e. The van der Waals surface area contributed by atoms with Gasteiger partial charge < -0.3 is 34.1 Å². The number of aliphatic hydroxyl groups is 1. The molecule has 3 amide bonds. The average Bonchev–Trinajstić information content (AvgIpc) is 3.62. The second-order valence-corrected chi connectivity index (χ2v) is 11.5. The Bertz CT molecular complexity index is 1520. The molecule has 1 aromatic heterocycles. The minimum atomic E-state index is -1.23. The number of benzene rings is 2. The van der Waals surface area contributed by atoms with E-state index in [1.54, 1.807) is 48.6 Å². The van der Waals surface area contributed by atoms with Crippen molar-refractivity contribution in [2.75, 3.05) is 26.0 Å². The molecule has 2 fully saturated rings. The van der Waals surface area contributed by atoms with Gasteiger partial charge in [-0.15, -0.1) is 0 Å². The Morgan fingerprint density at radius 3 is 2.76 bits per heavy atom. The van der Waals surface area contributed by atoms with Gasteiger partial charge in [-0.1, -0.05) is 24.3 Å². The minimum absolute atomic E-state index is 0.156. The van der Waals surface area contributed by atoms with E-state index in [4.69, 9.17) is 13.9 Å². The van der Waals surface area contributed by atoms with Crippen molar-refractivity contribution in [3.63, 3.8) is 0 Å². The predicted octanol–water partition coefficient (Wildman–Crippen LogP) is 4.21. The molecule has 9 heteroatoms. The van der Waals surface area contributed by atoms with Gasteiger partial charge in [0.15, 0.2) is 11.5 Å². The molecule has 9 nitrogen and oxygen atoms in total. The first-order chi connectivity index (χ1) is 19.9. The van der Waals surface area contributed by atoms with Crippen molar-refractivity contribution in [2.24, 2.45) is 0 Å². The first-order valence-electron chi connectivity index (χ1n) is 14.1.